The van der Waals surface area contributed by atoms with E-state index in [1.54, 1.807) is 0 Å². The van der Waals surface area contributed by atoms with Crippen LogP contribution in [0.3, 0.4) is 0 Å². The first-order chi connectivity index (χ1) is 7.96. The van der Waals surface area contributed by atoms with Crippen LogP contribution in [0.4, 0.5) is 0 Å². The summed E-state index contributed by atoms with van der Waals surface area (Å²) in [7, 11) is -1.49. The van der Waals surface area contributed by atoms with Gasteiger partial charge in [0.1, 0.15) is 0 Å². The zero-order valence-corrected chi connectivity index (χ0v) is 10.8. The van der Waals surface area contributed by atoms with Crippen molar-refractivity contribution in [2.45, 2.75) is 31.4 Å². The molecule has 1 amide bonds. The predicted molar refractivity (Wildman–Crippen MR) is 64.3 cm³/mol. The van der Waals surface area contributed by atoms with Gasteiger partial charge in [0.2, 0.25) is 5.91 Å². The summed E-state index contributed by atoms with van der Waals surface area (Å²) in [5.74, 6) is 0.0615. The van der Waals surface area contributed by atoms with E-state index >= 15 is 0 Å². The minimum absolute atomic E-state index is 0.0407. The zero-order chi connectivity index (χ0) is 12.9. The molecule has 0 saturated carbocycles. The molecule has 0 aliphatic carbocycles. The first-order valence-corrected chi connectivity index (χ1v) is 7.51. The Kier molecular flexibility index (Phi) is 5.35. The third-order valence-electron chi connectivity index (χ3n) is 2.84. The molecule has 0 radical (unpaired) electrons. The summed E-state index contributed by atoms with van der Waals surface area (Å²) in [6, 6.07) is -0.267. The van der Waals surface area contributed by atoms with Crippen LogP contribution in [0.1, 0.15) is 19.3 Å². The highest BCUT2D eigenvalue weighted by atomic mass is 32.2. The summed E-state index contributed by atoms with van der Waals surface area (Å²) < 4.78 is 27.8. The van der Waals surface area contributed by atoms with Gasteiger partial charge in [0.15, 0.2) is 9.84 Å². The van der Waals surface area contributed by atoms with Gasteiger partial charge >= 0.3 is 0 Å². The number of ether oxygens (including phenoxy) is 1. The molecule has 0 spiro atoms. The standard InChI is InChI=1S/C10H20N2O4S/c1-16-9(6-11)5-10(13)12-8-3-2-4-17(14,15)7-8/h8-9H,2-7,11H2,1H3,(H,12,13). The molecule has 17 heavy (non-hydrogen) atoms. The molecule has 100 valence electrons. The zero-order valence-electron chi connectivity index (χ0n) is 10.0. The largest absolute Gasteiger partial charge is 0.380 e. The van der Waals surface area contributed by atoms with E-state index in [1.165, 1.54) is 7.11 Å². The molecule has 1 saturated heterocycles. The molecule has 1 aliphatic heterocycles. The van der Waals surface area contributed by atoms with Gasteiger partial charge < -0.3 is 15.8 Å². The lowest BCUT2D eigenvalue weighted by Gasteiger charge is -2.23. The van der Waals surface area contributed by atoms with Gasteiger partial charge in [-0.05, 0) is 12.8 Å². The molecular formula is C10H20N2O4S. The monoisotopic (exact) mass is 264 g/mol. The Bertz CT molecular complexity index is 351. The van der Waals surface area contributed by atoms with E-state index in [2.05, 4.69) is 5.32 Å². The van der Waals surface area contributed by atoms with Crippen LogP contribution >= 0.6 is 0 Å². The molecule has 0 bridgehead atoms. The van der Waals surface area contributed by atoms with Crippen LogP contribution in [0, 0.1) is 0 Å². The highest BCUT2D eigenvalue weighted by molar-refractivity contribution is 7.91. The summed E-state index contributed by atoms with van der Waals surface area (Å²) in [6.07, 6.45) is 1.18. The molecule has 1 heterocycles. The fourth-order valence-corrected chi connectivity index (χ4v) is 3.53. The van der Waals surface area contributed by atoms with Crippen LogP contribution in [0.2, 0.25) is 0 Å². The minimum atomic E-state index is -2.99. The highest BCUT2D eigenvalue weighted by Crippen LogP contribution is 2.12. The van der Waals surface area contributed by atoms with Crippen molar-refractivity contribution in [1.29, 1.82) is 0 Å². The van der Waals surface area contributed by atoms with E-state index < -0.39 is 9.84 Å². The second kappa shape index (κ2) is 6.32. The number of methoxy groups -OCH3 is 1. The lowest BCUT2D eigenvalue weighted by atomic mass is 10.1. The van der Waals surface area contributed by atoms with E-state index in [0.717, 1.165) is 0 Å². The van der Waals surface area contributed by atoms with Crippen molar-refractivity contribution >= 4 is 15.7 Å². The van der Waals surface area contributed by atoms with E-state index in [-0.39, 0.29) is 42.5 Å². The number of rotatable bonds is 5. The average Bonchev–Trinajstić information content (AvgIpc) is 2.24. The Hall–Kier alpha value is -0.660. The summed E-state index contributed by atoms with van der Waals surface area (Å²) in [5.41, 5.74) is 5.41. The van der Waals surface area contributed by atoms with Crippen molar-refractivity contribution < 1.29 is 17.9 Å². The Morgan fingerprint density at radius 1 is 1.59 bits per heavy atom. The third-order valence-corrected chi connectivity index (χ3v) is 4.66. The first kappa shape index (κ1) is 14.4. The van der Waals surface area contributed by atoms with Gasteiger partial charge in [-0.25, -0.2) is 8.42 Å². The van der Waals surface area contributed by atoms with Crippen molar-refractivity contribution in [2.24, 2.45) is 5.73 Å². The second-order valence-corrected chi connectivity index (χ2v) is 6.55. The van der Waals surface area contributed by atoms with Gasteiger partial charge in [0.05, 0.1) is 24.0 Å². The second-order valence-electron chi connectivity index (χ2n) is 4.32. The number of sulfone groups is 1. The van der Waals surface area contributed by atoms with Gasteiger partial charge in [0, 0.05) is 19.7 Å². The smallest absolute Gasteiger partial charge is 0.222 e. The molecule has 7 heteroatoms. The summed E-state index contributed by atoms with van der Waals surface area (Å²) >= 11 is 0. The maximum atomic E-state index is 11.6. The highest BCUT2D eigenvalue weighted by Gasteiger charge is 2.26. The normalized spacial score (nSPS) is 25.2. The topological polar surface area (TPSA) is 98.5 Å². The van der Waals surface area contributed by atoms with Crippen molar-refractivity contribution in [3.8, 4) is 0 Å². The number of nitrogens with one attached hydrogen (secondary N) is 1. The number of hydrogen-bond acceptors (Lipinski definition) is 5. The average molecular weight is 264 g/mol. The molecule has 0 aromatic heterocycles. The van der Waals surface area contributed by atoms with Gasteiger partial charge in [-0.1, -0.05) is 0 Å². The molecule has 0 aromatic rings. The van der Waals surface area contributed by atoms with Crippen LogP contribution in [0.25, 0.3) is 0 Å². The molecule has 1 aliphatic rings. The molecule has 3 N–H and O–H groups in total. The number of carbonyl (C=O) groups is 1. The lowest BCUT2D eigenvalue weighted by Crippen LogP contribution is -2.44. The molecule has 1 rings (SSSR count). The van der Waals surface area contributed by atoms with Crippen LogP contribution in [-0.2, 0) is 19.4 Å². The Labute approximate surface area is 102 Å². The number of hydrogen-bond donors (Lipinski definition) is 2. The number of carbonyl (C=O) groups excluding carboxylic acids is 1. The van der Waals surface area contributed by atoms with E-state index in [9.17, 15) is 13.2 Å². The Morgan fingerprint density at radius 2 is 2.29 bits per heavy atom. The van der Waals surface area contributed by atoms with Crippen LogP contribution in [-0.4, -0.2) is 51.6 Å². The van der Waals surface area contributed by atoms with Crippen LogP contribution in [0.15, 0.2) is 0 Å². The van der Waals surface area contributed by atoms with Gasteiger partial charge in [-0.3, -0.25) is 4.79 Å². The van der Waals surface area contributed by atoms with Crippen molar-refractivity contribution in [3.05, 3.63) is 0 Å². The summed E-state index contributed by atoms with van der Waals surface area (Å²) in [5, 5.41) is 2.72. The maximum absolute atomic E-state index is 11.6. The van der Waals surface area contributed by atoms with E-state index in [4.69, 9.17) is 10.5 Å². The lowest BCUT2D eigenvalue weighted by molar-refractivity contribution is -0.124. The summed E-state index contributed by atoms with van der Waals surface area (Å²) in [6.45, 7) is 0.271. The van der Waals surface area contributed by atoms with Gasteiger partial charge in [0.25, 0.3) is 0 Å². The van der Waals surface area contributed by atoms with Gasteiger partial charge in [-0.15, -0.1) is 0 Å². The van der Waals surface area contributed by atoms with Crippen molar-refractivity contribution in [2.75, 3.05) is 25.2 Å². The predicted octanol–water partition coefficient (Wildman–Crippen LogP) is -0.956. The molecule has 6 nitrogen and oxygen atoms in total. The van der Waals surface area contributed by atoms with E-state index in [1.807, 2.05) is 0 Å². The first-order valence-electron chi connectivity index (χ1n) is 5.69. The molecular weight excluding hydrogens is 244 g/mol. The minimum Gasteiger partial charge on any atom is -0.380 e. The van der Waals surface area contributed by atoms with Crippen LogP contribution < -0.4 is 11.1 Å². The van der Waals surface area contributed by atoms with Crippen LogP contribution in [0.5, 0.6) is 0 Å². The summed E-state index contributed by atoms with van der Waals surface area (Å²) in [4.78, 5) is 11.6. The van der Waals surface area contributed by atoms with E-state index in [0.29, 0.717) is 12.8 Å². The molecule has 1 fully saturated rings. The number of amides is 1. The Morgan fingerprint density at radius 3 is 2.82 bits per heavy atom. The third kappa shape index (κ3) is 5.01. The van der Waals surface area contributed by atoms with Crippen molar-refractivity contribution in [3.63, 3.8) is 0 Å². The van der Waals surface area contributed by atoms with Gasteiger partial charge in [-0.2, -0.15) is 0 Å². The number of nitrogens with two attached hydrogens (primary N) is 1. The Balaban J connectivity index is 2.40. The quantitative estimate of drug-likeness (QED) is 0.666. The molecule has 2 atom stereocenters. The maximum Gasteiger partial charge on any atom is 0.222 e. The fourth-order valence-electron chi connectivity index (χ4n) is 1.89. The molecule has 2 unspecified atom stereocenters. The van der Waals surface area contributed by atoms with Crippen molar-refractivity contribution in [1.82, 2.24) is 5.32 Å². The molecule has 0 aromatic carbocycles. The SMILES string of the molecule is COC(CN)CC(=O)NC1CCCS(=O)(=O)C1. The fraction of sp³-hybridized carbons (Fsp3) is 0.900.